The number of nitrogens with zero attached hydrogens (tertiary/aromatic N) is 1. The molecule has 3 rings (SSSR count). The van der Waals surface area contributed by atoms with Crippen LogP contribution in [0.5, 0.6) is 0 Å². The maximum atomic E-state index is 12.9. The number of benzene rings is 3. The van der Waals surface area contributed by atoms with E-state index in [1.165, 1.54) is 5.56 Å². The van der Waals surface area contributed by atoms with Crippen LogP contribution in [0.25, 0.3) is 0 Å². The summed E-state index contributed by atoms with van der Waals surface area (Å²) in [7, 11) is 3.78. The highest BCUT2D eigenvalue weighted by molar-refractivity contribution is 6.06. The third kappa shape index (κ3) is 6.20. The van der Waals surface area contributed by atoms with E-state index in [1.807, 2.05) is 85.7 Å². The van der Waals surface area contributed by atoms with Crippen LogP contribution in [0.3, 0.4) is 0 Å². The molecule has 0 radical (unpaired) electrons. The molecule has 0 bridgehead atoms. The summed E-state index contributed by atoms with van der Waals surface area (Å²) in [5.41, 5.74) is 4.74. The Morgan fingerprint density at radius 1 is 0.844 bits per heavy atom. The Balaban J connectivity index is 1.73. The summed E-state index contributed by atoms with van der Waals surface area (Å²) in [5.74, 6) is -0.380. The Bertz CT molecular complexity index is 1040. The molecule has 2 N–H and O–H groups in total. The predicted octanol–water partition coefficient (Wildman–Crippen LogP) is 5.28. The molecule has 0 saturated heterocycles. The van der Waals surface area contributed by atoms with E-state index in [-0.39, 0.29) is 11.8 Å². The van der Waals surface area contributed by atoms with Crippen molar-refractivity contribution in [2.75, 3.05) is 24.3 Å². The fourth-order valence-corrected chi connectivity index (χ4v) is 3.47. The summed E-state index contributed by atoms with van der Waals surface area (Å²) in [4.78, 5) is 27.5. The highest BCUT2D eigenvalue weighted by Crippen LogP contribution is 2.24. The first-order valence-electron chi connectivity index (χ1n) is 11.0. The summed E-state index contributed by atoms with van der Waals surface area (Å²) < 4.78 is 0. The van der Waals surface area contributed by atoms with Gasteiger partial charge in [-0.25, -0.2) is 0 Å². The monoisotopic (exact) mass is 429 g/mol. The first kappa shape index (κ1) is 23.1. The first-order chi connectivity index (χ1) is 15.5. The molecule has 5 nitrogen and oxygen atoms in total. The zero-order valence-corrected chi connectivity index (χ0v) is 19.0. The number of aryl methyl sites for hydroxylation is 1. The van der Waals surface area contributed by atoms with Crippen molar-refractivity contribution in [1.29, 1.82) is 0 Å². The van der Waals surface area contributed by atoms with Gasteiger partial charge in [0.05, 0.1) is 5.56 Å². The summed E-state index contributed by atoms with van der Waals surface area (Å²) in [6.07, 6.45) is 3.30. The maximum Gasteiger partial charge on any atom is 0.255 e. The SMILES string of the molecule is CCCCc1ccc(C(=O)Nc2ccc(N(C)C)c(C(=O)NCc3ccccc3)c2)cc1. The van der Waals surface area contributed by atoms with Gasteiger partial charge in [0.25, 0.3) is 11.8 Å². The van der Waals surface area contributed by atoms with Gasteiger partial charge in [0.2, 0.25) is 0 Å². The number of anilines is 2. The first-order valence-corrected chi connectivity index (χ1v) is 11.0. The Morgan fingerprint density at radius 3 is 2.22 bits per heavy atom. The highest BCUT2D eigenvalue weighted by Gasteiger charge is 2.15. The van der Waals surface area contributed by atoms with E-state index < -0.39 is 0 Å². The van der Waals surface area contributed by atoms with Crippen LogP contribution in [0.15, 0.2) is 72.8 Å². The van der Waals surface area contributed by atoms with Gasteiger partial charge in [-0.05, 0) is 54.3 Å². The second-order valence-electron chi connectivity index (χ2n) is 8.05. The molecule has 0 saturated carbocycles. The number of nitrogens with one attached hydrogen (secondary N) is 2. The third-order valence-corrected chi connectivity index (χ3v) is 5.31. The van der Waals surface area contributed by atoms with E-state index in [1.54, 1.807) is 6.07 Å². The van der Waals surface area contributed by atoms with Gasteiger partial charge in [-0.3, -0.25) is 9.59 Å². The molecule has 5 heteroatoms. The molecule has 0 aliphatic rings. The third-order valence-electron chi connectivity index (χ3n) is 5.31. The van der Waals surface area contributed by atoms with E-state index in [2.05, 4.69) is 17.6 Å². The number of carbonyl (C=O) groups excluding carboxylic acids is 2. The molecule has 0 heterocycles. The van der Waals surface area contributed by atoms with Crippen LogP contribution in [0.1, 0.15) is 51.6 Å². The van der Waals surface area contributed by atoms with Gasteiger partial charge in [-0.1, -0.05) is 55.8 Å². The van der Waals surface area contributed by atoms with Crippen LogP contribution in [0.2, 0.25) is 0 Å². The normalized spacial score (nSPS) is 10.5. The molecule has 0 aliphatic carbocycles. The van der Waals surface area contributed by atoms with Crippen LogP contribution in [-0.2, 0) is 13.0 Å². The van der Waals surface area contributed by atoms with Gasteiger partial charge in [-0.2, -0.15) is 0 Å². The Hall–Kier alpha value is -3.60. The van der Waals surface area contributed by atoms with Crippen LogP contribution < -0.4 is 15.5 Å². The average molecular weight is 430 g/mol. The summed E-state index contributed by atoms with van der Waals surface area (Å²) in [6.45, 7) is 2.60. The second-order valence-corrected chi connectivity index (χ2v) is 8.05. The highest BCUT2D eigenvalue weighted by atomic mass is 16.2. The Morgan fingerprint density at radius 2 is 1.56 bits per heavy atom. The lowest BCUT2D eigenvalue weighted by Crippen LogP contribution is -2.25. The number of amides is 2. The van der Waals surface area contributed by atoms with Crippen molar-refractivity contribution in [2.45, 2.75) is 32.7 Å². The van der Waals surface area contributed by atoms with Gasteiger partial charge in [0.1, 0.15) is 0 Å². The number of unbranched alkanes of at least 4 members (excludes halogenated alkanes) is 1. The predicted molar refractivity (Wildman–Crippen MR) is 131 cm³/mol. The lowest BCUT2D eigenvalue weighted by molar-refractivity contribution is 0.0950. The smallest absolute Gasteiger partial charge is 0.255 e. The molecule has 3 aromatic rings. The standard InChI is InChI=1S/C27H31N3O2/c1-4-5-9-20-12-14-22(15-13-20)26(31)29-23-16-17-25(30(2)3)24(18-23)27(32)28-19-21-10-7-6-8-11-21/h6-8,10-18H,4-5,9,19H2,1-3H3,(H,28,32)(H,29,31). The zero-order valence-electron chi connectivity index (χ0n) is 19.0. The summed E-state index contributed by atoms with van der Waals surface area (Å²) in [5, 5.41) is 5.89. The largest absolute Gasteiger partial charge is 0.377 e. The molecule has 0 unspecified atom stereocenters. The van der Waals surface area contributed by atoms with Crippen LogP contribution in [-0.4, -0.2) is 25.9 Å². The number of rotatable bonds is 9. The van der Waals surface area contributed by atoms with Gasteiger partial charge in [-0.15, -0.1) is 0 Å². The van der Waals surface area contributed by atoms with Crippen molar-refractivity contribution in [2.24, 2.45) is 0 Å². The number of hydrogen-bond donors (Lipinski definition) is 2. The van der Waals surface area contributed by atoms with E-state index in [9.17, 15) is 9.59 Å². The molecule has 3 aromatic carbocycles. The fourth-order valence-electron chi connectivity index (χ4n) is 3.47. The molecule has 0 aromatic heterocycles. The minimum Gasteiger partial charge on any atom is -0.377 e. The average Bonchev–Trinajstić information content (AvgIpc) is 2.82. The summed E-state index contributed by atoms with van der Waals surface area (Å²) >= 11 is 0. The van der Waals surface area contributed by atoms with Crippen molar-refractivity contribution in [1.82, 2.24) is 5.32 Å². The van der Waals surface area contributed by atoms with Crippen molar-refractivity contribution < 1.29 is 9.59 Å². The van der Waals surface area contributed by atoms with Gasteiger partial charge >= 0.3 is 0 Å². The van der Waals surface area contributed by atoms with Gasteiger partial charge in [0, 0.05) is 37.6 Å². The molecule has 2 amide bonds. The van der Waals surface area contributed by atoms with Crippen molar-refractivity contribution >= 4 is 23.2 Å². The Kier molecular flexibility index (Phi) is 8.03. The quantitative estimate of drug-likeness (QED) is 0.487. The minimum atomic E-state index is -0.194. The van der Waals surface area contributed by atoms with Crippen LogP contribution >= 0.6 is 0 Å². The molecule has 0 fully saturated rings. The summed E-state index contributed by atoms with van der Waals surface area (Å²) in [6, 6.07) is 22.9. The Labute approximate surface area is 190 Å². The molecule has 166 valence electrons. The molecule has 0 atom stereocenters. The van der Waals surface area contributed by atoms with E-state index in [4.69, 9.17) is 0 Å². The topological polar surface area (TPSA) is 61.4 Å². The lowest BCUT2D eigenvalue weighted by Gasteiger charge is -2.18. The second kappa shape index (κ2) is 11.1. The zero-order chi connectivity index (χ0) is 22.9. The maximum absolute atomic E-state index is 12.9. The van der Waals surface area contributed by atoms with E-state index in [0.29, 0.717) is 23.4 Å². The van der Waals surface area contributed by atoms with Gasteiger partial charge < -0.3 is 15.5 Å². The minimum absolute atomic E-state index is 0.186. The molecular weight excluding hydrogens is 398 g/mol. The van der Waals surface area contributed by atoms with Crippen molar-refractivity contribution in [3.05, 3.63) is 95.1 Å². The molecule has 0 aliphatic heterocycles. The fraction of sp³-hybridized carbons (Fsp3) is 0.259. The van der Waals surface area contributed by atoms with E-state index in [0.717, 1.165) is 30.5 Å². The molecule has 32 heavy (non-hydrogen) atoms. The molecular formula is C27H31N3O2. The van der Waals surface area contributed by atoms with Crippen LogP contribution in [0, 0.1) is 0 Å². The van der Waals surface area contributed by atoms with Crippen molar-refractivity contribution in [3.63, 3.8) is 0 Å². The van der Waals surface area contributed by atoms with Crippen LogP contribution in [0.4, 0.5) is 11.4 Å². The van der Waals surface area contributed by atoms with Gasteiger partial charge in [0.15, 0.2) is 0 Å². The lowest BCUT2D eigenvalue weighted by atomic mass is 10.1. The number of carbonyl (C=O) groups is 2. The molecule has 0 spiro atoms. The van der Waals surface area contributed by atoms with Crippen molar-refractivity contribution in [3.8, 4) is 0 Å². The number of hydrogen-bond acceptors (Lipinski definition) is 3. The van der Waals surface area contributed by atoms with E-state index >= 15 is 0 Å².